The zero-order chi connectivity index (χ0) is 9.19. The Morgan fingerprint density at radius 3 is 2.75 bits per heavy atom. The molecule has 0 N–H and O–H groups in total. The van der Waals surface area contributed by atoms with E-state index in [0.717, 1.165) is 30.9 Å². The zero-order valence-electron chi connectivity index (χ0n) is 8.25. The van der Waals surface area contributed by atoms with Gasteiger partial charge in [0.15, 0.2) is 0 Å². The zero-order valence-corrected chi connectivity index (χ0v) is 9.06. The minimum absolute atomic E-state index is 0.353. The molecule has 0 radical (unpaired) electrons. The molecule has 3 heteroatoms. The van der Waals surface area contributed by atoms with E-state index in [0.29, 0.717) is 5.25 Å². The van der Waals surface area contributed by atoms with E-state index in [1.165, 1.54) is 0 Å². The smallest absolute Gasteiger partial charge is 0.0494 e. The van der Waals surface area contributed by atoms with Crippen LogP contribution in [0.15, 0.2) is 4.36 Å². The van der Waals surface area contributed by atoms with Crippen LogP contribution in [0.25, 0.3) is 0 Å². The Morgan fingerprint density at radius 1 is 1.58 bits per heavy atom. The van der Waals surface area contributed by atoms with Crippen LogP contribution < -0.4 is 0 Å². The summed E-state index contributed by atoms with van der Waals surface area (Å²) in [6, 6.07) is 0. The van der Waals surface area contributed by atoms with E-state index < -0.39 is 9.73 Å². The molecule has 0 spiro atoms. The van der Waals surface area contributed by atoms with Crippen LogP contribution in [0.1, 0.15) is 33.1 Å². The summed E-state index contributed by atoms with van der Waals surface area (Å²) < 4.78 is 16.2. The fourth-order valence-electron chi connectivity index (χ4n) is 1.92. The van der Waals surface area contributed by atoms with E-state index in [2.05, 4.69) is 18.2 Å². The Kier molecular flexibility index (Phi) is 3.16. The number of hydrogen-bond acceptors (Lipinski definition) is 2. The third kappa shape index (κ3) is 1.82. The van der Waals surface area contributed by atoms with Crippen molar-refractivity contribution in [3.05, 3.63) is 0 Å². The third-order valence-electron chi connectivity index (χ3n) is 2.85. The summed E-state index contributed by atoms with van der Waals surface area (Å²) >= 11 is 0. The highest BCUT2D eigenvalue weighted by molar-refractivity contribution is 7.94. The lowest BCUT2D eigenvalue weighted by Gasteiger charge is -2.29. The van der Waals surface area contributed by atoms with Gasteiger partial charge in [0, 0.05) is 27.8 Å². The van der Waals surface area contributed by atoms with E-state index in [1.54, 1.807) is 7.05 Å². The number of hydrogen-bond donors (Lipinski definition) is 0. The summed E-state index contributed by atoms with van der Waals surface area (Å²) in [6.07, 6.45) is 3.21. The van der Waals surface area contributed by atoms with Crippen molar-refractivity contribution in [2.45, 2.75) is 38.4 Å². The predicted octanol–water partition coefficient (Wildman–Crippen LogP) is 2.29. The van der Waals surface area contributed by atoms with Crippen molar-refractivity contribution in [1.29, 1.82) is 0 Å². The fourth-order valence-corrected chi connectivity index (χ4v) is 4.63. The topological polar surface area (TPSA) is 29.4 Å². The van der Waals surface area contributed by atoms with Crippen LogP contribution >= 0.6 is 0 Å². The first-order chi connectivity index (χ1) is 5.62. The van der Waals surface area contributed by atoms with E-state index in [9.17, 15) is 4.21 Å². The van der Waals surface area contributed by atoms with Gasteiger partial charge in [-0.25, -0.2) is 8.57 Å². The average Bonchev–Trinajstić information content (AvgIpc) is 2.09. The molecule has 0 aromatic rings. The van der Waals surface area contributed by atoms with Gasteiger partial charge in [-0.15, -0.1) is 0 Å². The van der Waals surface area contributed by atoms with Gasteiger partial charge in [0.25, 0.3) is 0 Å². The van der Waals surface area contributed by atoms with Crippen molar-refractivity contribution in [3.8, 4) is 0 Å². The Morgan fingerprint density at radius 2 is 2.25 bits per heavy atom. The number of rotatable bonds is 1. The molecule has 1 heterocycles. The van der Waals surface area contributed by atoms with Crippen LogP contribution in [0, 0.1) is 5.92 Å². The maximum Gasteiger partial charge on any atom is 0.0494 e. The second-order valence-corrected chi connectivity index (χ2v) is 6.56. The number of nitrogens with zero attached hydrogens (tertiary/aromatic N) is 1. The SMILES string of the molecule is CCC1CC(C)CCS1(=O)=NC. The summed E-state index contributed by atoms with van der Waals surface area (Å²) in [6.45, 7) is 4.37. The quantitative estimate of drug-likeness (QED) is 0.622. The molecule has 0 aromatic carbocycles. The van der Waals surface area contributed by atoms with Gasteiger partial charge < -0.3 is 0 Å². The monoisotopic (exact) mass is 189 g/mol. The van der Waals surface area contributed by atoms with Crippen molar-refractivity contribution in [3.63, 3.8) is 0 Å². The van der Waals surface area contributed by atoms with Crippen LogP contribution in [-0.4, -0.2) is 22.3 Å². The lowest BCUT2D eigenvalue weighted by molar-refractivity contribution is 0.468. The molecule has 0 saturated carbocycles. The summed E-state index contributed by atoms with van der Waals surface area (Å²) in [5.41, 5.74) is 0. The van der Waals surface area contributed by atoms with Gasteiger partial charge >= 0.3 is 0 Å². The molecule has 1 aliphatic heterocycles. The van der Waals surface area contributed by atoms with Crippen LogP contribution in [-0.2, 0) is 9.73 Å². The van der Waals surface area contributed by atoms with Gasteiger partial charge in [-0.1, -0.05) is 13.8 Å². The summed E-state index contributed by atoms with van der Waals surface area (Å²) in [4.78, 5) is 0. The third-order valence-corrected chi connectivity index (χ3v) is 5.86. The van der Waals surface area contributed by atoms with Gasteiger partial charge in [-0.3, -0.25) is 0 Å². The van der Waals surface area contributed by atoms with Crippen LogP contribution in [0.3, 0.4) is 0 Å². The standard InChI is InChI=1S/C9H19NOS/c1-4-9-7-8(2)5-6-12(9,11)10-3/h8-9H,4-7H2,1-3H3. The molecule has 0 aliphatic carbocycles. The highest BCUT2D eigenvalue weighted by Gasteiger charge is 2.28. The van der Waals surface area contributed by atoms with E-state index >= 15 is 0 Å². The largest absolute Gasteiger partial charge is 0.249 e. The molecule has 2 nitrogen and oxygen atoms in total. The minimum atomic E-state index is -1.83. The Labute approximate surface area is 75.9 Å². The molecule has 0 aromatic heterocycles. The van der Waals surface area contributed by atoms with Gasteiger partial charge in [0.1, 0.15) is 0 Å². The first-order valence-corrected chi connectivity index (χ1v) is 6.49. The van der Waals surface area contributed by atoms with Crippen LogP contribution in [0.2, 0.25) is 0 Å². The van der Waals surface area contributed by atoms with Gasteiger partial charge in [-0.2, -0.15) is 0 Å². The molecule has 12 heavy (non-hydrogen) atoms. The Bertz CT molecular complexity index is 253. The molecule has 1 saturated heterocycles. The second kappa shape index (κ2) is 3.77. The van der Waals surface area contributed by atoms with Gasteiger partial charge in [-0.05, 0) is 25.2 Å². The molecule has 0 bridgehead atoms. The predicted molar refractivity (Wildman–Crippen MR) is 53.8 cm³/mol. The molecule has 1 fully saturated rings. The van der Waals surface area contributed by atoms with E-state index in [-0.39, 0.29) is 0 Å². The first kappa shape index (κ1) is 10.0. The minimum Gasteiger partial charge on any atom is -0.249 e. The van der Waals surface area contributed by atoms with E-state index in [1.807, 2.05) is 0 Å². The maximum atomic E-state index is 12.1. The Balaban J connectivity index is 2.84. The molecular weight excluding hydrogens is 170 g/mol. The summed E-state index contributed by atoms with van der Waals surface area (Å²) in [5.74, 6) is 1.56. The van der Waals surface area contributed by atoms with Crippen LogP contribution in [0.4, 0.5) is 0 Å². The fraction of sp³-hybridized carbons (Fsp3) is 1.00. The average molecular weight is 189 g/mol. The summed E-state index contributed by atoms with van der Waals surface area (Å²) in [5, 5.41) is 0.353. The lowest BCUT2D eigenvalue weighted by Crippen LogP contribution is -2.31. The van der Waals surface area contributed by atoms with Crippen molar-refractivity contribution < 1.29 is 4.21 Å². The molecule has 0 amide bonds. The summed E-state index contributed by atoms with van der Waals surface area (Å²) in [7, 11) is -0.118. The second-order valence-electron chi connectivity index (χ2n) is 3.74. The van der Waals surface area contributed by atoms with Gasteiger partial charge in [0.2, 0.25) is 0 Å². The molecule has 72 valence electrons. The van der Waals surface area contributed by atoms with Crippen molar-refractivity contribution in [2.75, 3.05) is 12.8 Å². The van der Waals surface area contributed by atoms with Crippen molar-refractivity contribution >= 4 is 9.73 Å². The van der Waals surface area contributed by atoms with Crippen molar-refractivity contribution in [2.24, 2.45) is 10.3 Å². The van der Waals surface area contributed by atoms with Crippen molar-refractivity contribution in [1.82, 2.24) is 0 Å². The molecular formula is C9H19NOS. The van der Waals surface area contributed by atoms with Gasteiger partial charge in [0.05, 0.1) is 0 Å². The highest BCUT2D eigenvalue weighted by atomic mass is 32.2. The lowest BCUT2D eigenvalue weighted by atomic mass is 10.0. The Hall–Kier alpha value is -0.0500. The molecule has 1 aliphatic rings. The normalized spacial score (nSPS) is 42.6. The first-order valence-electron chi connectivity index (χ1n) is 4.74. The van der Waals surface area contributed by atoms with E-state index in [4.69, 9.17) is 0 Å². The highest BCUT2D eigenvalue weighted by Crippen LogP contribution is 2.27. The maximum absolute atomic E-state index is 12.1. The van der Waals surface area contributed by atoms with Crippen LogP contribution in [0.5, 0.6) is 0 Å². The molecule has 3 atom stereocenters. The molecule has 1 rings (SSSR count). The molecule has 3 unspecified atom stereocenters.